The van der Waals surface area contributed by atoms with Gasteiger partial charge < -0.3 is 5.11 Å². The summed E-state index contributed by atoms with van der Waals surface area (Å²) in [4.78, 5) is 14.9. The van der Waals surface area contributed by atoms with Gasteiger partial charge in [0, 0.05) is 0 Å². The number of aromatic carboxylic acids is 1. The van der Waals surface area contributed by atoms with Gasteiger partial charge in [-0.05, 0) is 13.0 Å². The lowest BCUT2D eigenvalue weighted by Crippen LogP contribution is -2.23. The number of aryl methyl sites for hydroxylation is 1. The Morgan fingerprint density at radius 3 is 2.84 bits per heavy atom. The Bertz CT molecular complexity index is 690. The van der Waals surface area contributed by atoms with E-state index in [0.717, 1.165) is 11.3 Å². The van der Waals surface area contributed by atoms with Crippen LogP contribution in [0.15, 0.2) is 17.3 Å². The highest BCUT2D eigenvalue weighted by atomic mass is 32.2. The smallest absolute Gasteiger partial charge is 0.347 e. The van der Waals surface area contributed by atoms with Crippen molar-refractivity contribution >= 4 is 27.3 Å². The summed E-state index contributed by atoms with van der Waals surface area (Å²) in [5.41, 5.74) is 0.369. The number of nitrogens with zero attached hydrogens (tertiary/aromatic N) is 2. The van der Waals surface area contributed by atoms with Gasteiger partial charge in [-0.25, -0.2) is 22.9 Å². The standard InChI is InChI=1S/C9H10N4O4S2/c1-5-8(9(14)15)18-6(12-5)4-11-19(16,17)7-2-3-10-13-7/h2-3,11H,4H2,1H3,(H,10,13)(H,14,15). The molecule has 0 saturated carbocycles. The molecule has 0 fully saturated rings. The average Bonchev–Trinajstić information content (AvgIpc) is 2.95. The van der Waals surface area contributed by atoms with Crippen LogP contribution in [0.1, 0.15) is 20.4 Å². The van der Waals surface area contributed by atoms with E-state index in [9.17, 15) is 13.2 Å². The van der Waals surface area contributed by atoms with Crippen LogP contribution in [0.2, 0.25) is 0 Å². The van der Waals surface area contributed by atoms with Crippen molar-refractivity contribution < 1.29 is 18.3 Å². The number of thiazole rings is 1. The summed E-state index contributed by atoms with van der Waals surface area (Å²) in [6.45, 7) is 1.49. The topological polar surface area (TPSA) is 125 Å². The van der Waals surface area contributed by atoms with Crippen LogP contribution < -0.4 is 4.72 Å². The van der Waals surface area contributed by atoms with Crippen LogP contribution in [0.3, 0.4) is 0 Å². The largest absolute Gasteiger partial charge is 0.477 e. The van der Waals surface area contributed by atoms with E-state index in [1.165, 1.54) is 12.3 Å². The highest BCUT2D eigenvalue weighted by molar-refractivity contribution is 7.89. The van der Waals surface area contributed by atoms with Gasteiger partial charge in [-0.3, -0.25) is 5.10 Å². The third-order valence-corrected chi connectivity index (χ3v) is 4.69. The molecule has 0 spiro atoms. The summed E-state index contributed by atoms with van der Waals surface area (Å²) in [5.74, 6) is -1.07. The van der Waals surface area contributed by atoms with E-state index in [0.29, 0.717) is 10.7 Å². The van der Waals surface area contributed by atoms with Gasteiger partial charge in [-0.1, -0.05) is 0 Å². The Morgan fingerprint density at radius 2 is 2.32 bits per heavy atom. The first-order chi connectivity index (χ1) is 8.90. The van der Waals surface area contributed by atoms with Gasteiger partial charge in [0.05, 0.1) is 18.4 Å². The maximum absolute atomic E-state index is 11.8. The molecule has 2 rings (SSSR count). The van der Waals surface area contributed by atoms with Crippen molar-refractivity contribution in [2.75, 3.05) is 0 Å². The predicted octanol–water partition coefficient (Wildman–Crippen LogP) is 0.351. The van der Waals surface area contributed by atoms with Crippen molar-refractivity contribution in [2.24, 2.45) is 0 Å². The van der Waals surface area contributed by atoms with Gasteiger partial charge >= 0.3 is 5.97 Å². The third kappa shape index (κ3) is 2.97. The Labute approximate surface area is 112 Å². The van der Waals surface area contributed by atoms with Crippen molar-refractivity contribution in [3.63, 3.8) is 0 Å². The molecule has 0 aliphatic carbocycles. The van der Waals surface area contributed by atoms with Crippen molar-refractivity contribution in [1.29, 1.82) is 0 Å². The van der Waals surface area contributed by atoms with E-state index < -0.39 is 16.0 Å². The Kier molecular flexibility index (Phi) is 3.64. The zero-order valence-electron chi connectivity index (χ0n) is 9.74. The lowest BCUT2D eigenvalue weighted by molar-refractivity contribution is 0.0701. The van der Waals surface area contributed by atoms with Gasteiger partial charge in [0.2, 0.25) is 0 Å². The number of aromatic amines is 1. The van der Waals surface area contributed by atoms with Gasteiger partial charge in [0.1, 0.15) is 9.88 Å². The first-order valence-corrected chi connectivity index (χ1v) is 7.39. The quantitative estimate of drug-likeness (QED) is 0.732. The number of nitrogens with one attached hydrogen (secondary N) is 2. The minimum atomic E-state index is -3.69. The number of carboxylic acids is 1. The van der Waals surface area contributed by atoms with Crippen LogP contribution in [-0.4, -0.2) is 34.7 Å². The zero-order chi connectivity index (χ0) is 14.0. The highest BCUT2D eigenvalue weighted by Crippen LogP contribution is 2.18. The Hall–Kier alpha value is -1.78. The number of hydrogen-bond donors (Lipinski definition) is 3. The molecule has 0 radical (unpaired) electrons. The molecule has 8 nitrogen and oxygen atoms in total. The first kappa shape index (κ1) is 13.6. The Morgan fingerprint density at radius 1 is 1.58 bits per heavy atom. The summed E-state index contributed by atoms with van der Waals surface area (Å²) in [7, 11) is -3.69. The number of aromatic nitrogens is 3. The lowest BCUT2D eigenvalue weighted by atomic mass is 10.4. The monoisotopic (exact) mass is 302 g/mol. The number of rotatable bonds is 5. The molecule has 0 aliphatic heterocycles. The molecule has 0 bridgehead atoms. The molecule has 0 atom stereocenters. The van der Waals surface area contributed by atoms with Gasteiger partial charge in [0.15, 0.2) is 5.03 Å². The SMILES string of the molecule is Cc1nc(CNS(=O)(=O)c2ccn[nH]2)sc1C(=O)O. The summed E-state index contributed by atoms with van der Waals surface area (Å²) in [6.07, 6.45) is 1.32. The van der Waals surface area contributed by atoms with Crippen LogP contribution in [0.5, 0.6) is 0 Å². The second kappa shape index (κ2) is 5.07. The van der Waals surface area contributed by atoms with E-state index >= 15 is 0 Å². The van der Waals surface area contributed by atoms with Crippen molar-refractivity contribution in [3.8, 4) is 0 Å². The number of H-pyrrole nitrogens is 1. The molecule has 0 aliphatic rings. The van der Waals surface area contributed by atoms with Gasteiger partial charge in [-0.15, -0.1) is 11.3 Å². The van der Waals surface area contributed by atoms with Gasteiger partial charge in [0.25, 0.3) is 10.0 Å². The fourth-order valence-corrected chi connectivity index (χ4v) is 3.18. The molecule has 102 valence electrons. The van der Waals surface area contributed by atoms with Crippen molar-refractivity contribution in [2.45, 2.75) is 18.5 Å². The van der Waals surface area contributed by atoms with E-state index in [4.69, 9.17) is 5.11 Å². The van der Waals surface area contributed by atoms with Crippen molar-refractivity contribution in [3.05, 3.63) is 27.8 Å². The molecule has 0 aromatic carbocycles. The molecule has 0 unspecified atom stereocenters. The van der Waals surface area contributed by atoms with Gasteiger partial charge in [-0.2, -0.15) is 5.10 Å². The van der Waals surface area contributed by atoms with Crippen molar-refractivity contribution in [1.82, 2.24) is 19.9 Å². The van der Waals surface area contributed by atoms with Crippen LogP contribution in [0.4, 0.5) is 0 Å². The van der Waals surface area contributed by atoms with Crippen LogP contribution >= 0.6 is 11.3 Å². The average molecular weight is 302 g/mol. The Balaban J connectivity index is 2.11. The summed E-state index contributed by atoms with van der Waals surface area (Å²) < 4.78 is 25.9. The molecule has 0 saturated heterocycles. The molecule has 2 aromatic rings. The normalized spacial score (nSPS) is 11.6. The maximum Gasteiger partial charge on any atom is 0.347 e. The number of carbonyl (C=O) groups is 1. The molecule has 2 aromatic heterocycles. The first-order valence-electron chi connectivity index (χ1n) is 5.09. The molecular formula is C9H10N4O4S2. The minimum Gasteiger partial charge on any atom is -0.477 e. The van der Waals surface area contributed by atoms with E-state index in [2.05, 4.69) is 19.9 Å². The number of hydrogen-bond acceptors (Lipinski definition) is 6. The van der Waals surface area contributed by atoms with Crippen LogP contribution in [-0.2, 0) is 16.6 Å². The maximum atomic E-state index is 11.8. The molecule has 10 heteroatoms. The zero-order valence-corrected chi connectivity index (χ0v) is 11.4. The number of carboxylic acid groups (broad SMARTS) is 1. The molecule has 0 amide bonds. The van der Waals surface area contributed by atoms with Crippen LogP contribution in [0.25, 0.3) is 0 Å². The number of sulfonamides is 1. The fraction of sp³-hybridized carbons (Fsp3) is 0.222. The molecular weight excluding hydrogens is 292 g/mol. The summed E-state index contributed by atoms with van der Waals surface area (Å²) >= 11 is 0.942. The second-order valence-electron chi connectivity index (χ2n) is 3.57. The fourth-order valence-electron chi connectivity index (χ4n) is 1.35. The van der Waals surface area contributed by atoms with E-state index in [1.54, 1.807) is 6.92 Å². The predicted molar refractivity (Wildman–Crippen MR) is 66.4 cm³/mol. The second-order valence-corrected chi connectivity index (χ2v) is 6.39. The third-order valence-electron chi connectivity index (χ3n) is 2.21. The summed E-state index contributed by atoms with van der Waals surface area (Å²) in [6, 6.07) is 1.32. The highest BCUT2D eigenvalue weighted by Gasteiger charge is 2.18. The molecule has 2 heterocycles. The van der Waals surface area contributed by atoms with E-state index in [-0.39, 0.29) is 16.4 Å². The lowest BCUT2D eigenvalue weighted by Gasteiger charge is -2.01. The molecule has 3 N–H and O–H groups in total. The summed E-state index contributed by atoms with van der Waals surface area (Å²) in [5, 5.41) is 15.1. The molecule has 19 heavy (non-hydrogen) atoms. The minimum absolute atomic E-state index is 0.0563. The van der Waals surface area contributed by atoms with Crippen LogP contribution in [0, 0.1) is 6.92 Å². The van der Waals surface area contributed by atoms with E-state index in [1.807, 2.05) is 0 Å².